The number of amides is 2. The molecule has 5 nitrogen and oxygen atoms in total. The summed E-state index contributed by atoms with van der Waals surface area (Å²) >= 11 is 0. The number of alkyl halides is 3. The number of halogens is 3. The molecule has 122 valence electrons. The molecule has 1 atom stereocenters. The van der Waals surface area contributed by atoms with Gasteiger partial charge in [0, 0.05) is 12.1 Å². The number of nitrogens with zero attached hydrogens (tertiary/aromatic N) is 1. The fourth-order valence-electron chi connectivity index (χ4n) is 1.69. The molecule has 0 spiro atoms. The summed E-state index contributed by atoms with van der Waals surface area (Å²) in [6, 6.07) is 5.65. The van der Waals surface area contributed by atoms with Gasteiger partial charge in [0.2, 0.25) is 5.91 Å². The topological polar surface area (TPSA) is 75.4 Å². The van der Waals surface area contributed by atoms with Crippen molar-refractivity contribution in [3.8, 4) is 0 Å². The van der Waals surface area contributed by atoms with Crippen LogP contribution in [0.3, 0.4) is 0 Å². The van der Waals surface area contributed by atoms with E-state index in [1.807, 2.05) is 0 Å². The fourth-order valence-corrected chi connectivity index (χ4v) is 1.69. The number of primary amides is 1. The van der Waals surface area contributed by atoms with Crippen LogP contribution in [0.5, 0.6) is 0 Å². The van der Waals surface area contributed by atoms with Crippen molar-refractivity contribution in [3.05, 3.63) is 35.4 Å². The summed E-state index contributed by atoms with van der Waals surface area (Å²) in [5.41, 5.74) is 6.14. The van der Waals surface area contributed by atoms with Crippen LogP contribution in [-0.2, 0) is 11.3 Å². The highest BCUT2D eigenvalue weighted by Crippen LogP contribution is 2.13. The van der Waals surface area contributed by atoms with Gasteiger partial charge in [-0.05, 0) is 31.7 Å². The predicted octanol–water partition coefficient (Wildman–Crippen LogP) is 1.28. The second kappa shape index (κ2) is 7.26. The number of nitrogens with one attached hydrogen (secondary N) is 1. The molecule has 0 aromatic heterocycles. The number of likely N-dealkylation sites (N-methyl/N-ethyl adjacent to an activating group) is 1. The maximum absolute atomic E-state index is 12.0. The lowest BCUT2D eigenvalue weighted by Crippen LogP contribution is -2.39. The van der Waals surface area contributed by atoms with Crippen molar-refractivity contribution in [1.29, 1.82) is 0 Å². The van der Waals surface area contributed by atoms with Crippen molar-refractivity contribution in [2.24, 2.45) is 5.73 Å². The third-order valence-electron chi connectivity index (χ3n) is 3.17. The molecule has 0 aliphatic carbocycles. The SMILES string of the molecule is C[C@H](C(N)=O)N(C)Cc1ccc(C(=O)NCC(F)(F)F)cc1. The van der Waals surface area contributed by atoms with Crippen LogP contribution in [0.2, 0.25) is 0 Å². The second-order valence-electron chi connectivity index (χ2n) is 4.99. The highest BCUT2D eigenvalue weighted by atomic mass is 19.4. The normalized spacial score (nSPS) is 13.0. The van der Waals surface area contributed by atoms with E-state index in [-0.39, 0.29) is 5.56 Å². The molecule has 1 aromatic rings. The standard InChI is InChI=1S/C14H18F3N3O2/c1-9(12(18)21)20(2)7-10-3-5-11(6-4-10)13(22)19-8-14(15,16)17/h3-6,9H,7-8H2,1-2H3,(H2,18,21)(H,19,22)/t9-/m1/s1. The Morgan fingerprint density at radius 2 is 1.82 bits per heavy atom. The summed E-state index contributed by atoms with van der Waals surface area (Å²) in [6.45, 7) is 0.724. The van der Waals surface area contributed by atoms with Crippen molar-refractivity contribution >= 4 is 11.8 Å². The molecule has 0 fully saturated rings. The van der Waals surface area contributed by atoms with Gasteiger partial charge in [-0.15, -0.1) is 0 Å². The Bertz CT molecular complexity index is 529. The van der Waals surface area contributed by atoms with E-state index in [4.69, 9.17) is 5.73 Å². The van der Waals surface area contributed by atoms with E-state index >= 15 is 0 Å². The maximum Gasteiger partial charge on any atom is 0.405 e. The zero-order chi connectivity index (χ0) is 16.9. The third-order valence-corrected chi connectivity index (χ3v) is 3.17. The Balaban J connectivity index is 2.63. The Morgan fingerprint density at radius 3 is 2.27 bits per heavy atom. The first-order valence-corrected chi connectivity index (χ1v) is 6.53. The molecule has 0 aliphatic rings. The van der Waals surface area contributed by atoms with Crippen molar-refractivity contribution in [2.45, 2.75) is 25.7 Å². The van der Waals surface area contributed by atoms with Gasteiger partial charge in [0.05, 0.1) is 6.04 Å². The van der Waals surface area contributed by atoms with E-state index in [2.05, 4.69) is 0 Å². The van der Waals surface area contributed by atoms with E-state index in [1.165, 1.54) is 12.1 Å². The Hall–Kier alpha value is -2.09. The summed E-state index contributed by atoms with van der Waals surface area (Å²) in [5, 5.41) is 1.80. The molecule has 8 heteroatoms. The van der Waals surface area contributed by atoms with Gasteiger partial charge in [-0.2, -0.15) is 13.2 Å². The summed E-state index contributed by atoms with van der Waals surface area (Å²) in [6.07, 6.45) is -4.44. The molecule has 0 bridgehead atoms. The van der Waals surface area contributed by atoms with Gasteiger partial charge in [-0.3, -0.25) is 14.5 Å². The van der Waals surface area contributed by atoms with Gasteiger partial charge in [0.25, 0.3) is 5.91 Å². The van der Waals surface area contributed by atoms with Gasteiger partial charge in [0.15, 0.2) is 0 Å². The average molecular weight is 317 g/mol. The molecule has 3 N–H and O–H groups in total. The van der Waals surface area contributed by atoms with E-state index in [0.717, 1.165) is 5.56 Å². The molecular weight excluding hydrogens is 299 g/mol. The van der Waals surface area contributed by atoms with Crippen LogP contribution < -0.4 is 11.1 Å². The molecule has 0 aliphatic heterocycles. The summed E-state index contributed by atoms with van der Waals surface area (Å²) in [7, 11) is 1.72. The Kier molecular flexibility index (Phi) is 5.92. The number of nitrogens with two attached hydrogens (primary N) is 1. The number of carbonyl (C=O) groups is 2. The first-order valence-electron chi connectivity index (χ1n) is 6.53. The summed E-state index contributed by atoms with van der Waals surface area (Å²) < 4.78 is 36.1. The second-order valence-corrected chi connectivity index (χ2v) is 4.99. The van der Waals surface area contributed by atoms with Crippen molar-refractivity contribution in [3.63, 3.8) is 0 Å². The van der Waals surface area contributed by atoms with Crippen LogP contribution in [0.4, 0.5) is 13.2 Å². The zero-order valence-electron chi connectivity index (χ0n) is 12.3. The van der Waals surface area contributed by atoms with Crippen molar-refractivity contribution in [2.75, 3.05) is 13.6 Å². The number of carbonyl (C=O) groups excluding carboxylic acids is 2. The van der Waals surface area contributed by atoms with Crippen LogP contribution in [0.1, 0.15) is 22.8 Å². The van der Waals surface area contributed by atoms with Gasteiger partial charge in [-0.25, -0.2) is 0 Å². The smallest absolute Gasteiger partial charge is 0.368 e. The van der Waals surface area contributed by atoms with Crippen LogP contribution in [0.25, 0.3) is 0 Å². The van der Waals surface area contributed by atoms with Crippen LogP contribution >= 0.6 is 0 Å². The van der Waals surface area contributed by atoms with Crippen molar-refractivity contribution < 1.29 is 22.8 Å². The van der Waals surface area contributed by atoms with Gasteiger partial charge in [-0.1, -0.05) is 12.1 Å². The summed E-state index contributed by atoms with van der Waals surface area (Å²) in [5.74, 6) is -1.24. The van der Waals surface area contributed by atoms with Gasteiger partial charge in [0.1, 0.15) is 6.54 Å². The monoisotopic (exact) mass is 317 g/mol. The van der Waals surface area contributed by atoms with E-state index in [9.17, 15) is 22.8 Å². The third kappa shape index (κ3) is 5.72. The molecule has 1 rings (SSSR count). The molecule has 0 unspecified atom stereocenters. The molecule has 0 saturated heterocycles. The first-order chi connectivity index (χ1) is 10.1. The maximum atomic E-state index is 12.0. The van der Waals surface area contributed by atoms with Crippen LogP contribution in [0, 0.1) is 0 Å². The van der Waals surface area contributed by atoms with Gasteiger partial charge >= 0.3 is 6.18 Å². The highest BCUT2D eigenvalue weighted by Gasteiger charge is 2.27. The molecule has 1 aromatic carbocycles. The largest absolute Gasteiger partial charge is 0.405 e. The molecule has 0 saturated carbocycles. The molecule has 0 heterocycles. The minimum absolute atomic E-state index is 0.138. The molecular formula is C14H18F3N3O2. The van der Waals surface area contributed by atoms with Gasteiger partial charge < -0.3 is 11.1 Å². The number of benzene rings is 1. The lowest BCUT2D eigenvalue weighted by Gasteiger charge is -2.21. The summed E-state index contributed by atoms with van der Waals surface area (Å²) in [4.78, 5) is 24.3. The molecule has 0 radical (unpaired) electrons. The highest BCUT2D eigenvalue weighted by molar-refractivity contribution is 5.94. The van der Waals surface area contributed by atoms with Crippen LogP contribution in [-0.4, -0.2) is 42.5 Å². The molecule has 22 heavy (non-hydrogen) atoms. The zero-order valence-corrected chi connectivity index (χ0v) is 12.3. The quantitative estimate of drug-likeness (QED) is 0.830. The lowest BCUT2D eigenvalue weighted by molar-refractivity contribution is -0.123. The number of hydrogen-bond donors (Lipinski definition) is 2. The van der Waals surface area contributed by atoms with Crippen molar-refractivity contribution in [1.82, 2.24) is 10.2 Å². The van der Waals surface area contributed by atoms with Crippen LogP contribution in [0.15, 0.2) is 24.3 Å². The van der Waals surface area contributed by atoms with E-state index < -0.39 is 30.6 Å². The predicted molar refractivity (Wildman–Crippen MR) is 75.0 cm³/mol. The average Bonchev–Trinajstić information content (AvgIpc) is 2.43. The van der Waals surface area contributed by atoms with E-state index in [1.54, 1.807) is 36.3 Å². The van der Waals surface area contributed by atoms with E-state index in [0.29, 0.717) is 6.54 Å². The Morgan fingerprint density at radius 1 is 1.27 bits per heavy atom. The molecule has 2 amide bonds. The number of hydrogen-bond acceptors (Lipinski definition) is 3. The Labute approximate surface area is 126 Å². The minimum Gasteiger partial charge on any atom is -0.368 e. The lowest BCUT2D eigenvalue weighted by atomic mass is 10.1. The first kappa shape index (κ1) is 18.0. The fraction of sp³-hybridized carbons (Fsp3) is 0.429. The minimum atomic E-state index is -4.44. The number of rotatable bonds is 6.